The molecule has 11 heteroatoms. The van der Waals surface area contributed by atoms with E-state index in [2.05, 4.69) is 31.9 Å². The third kappa shape index (κ3) is 4.94. The Bertz CT molecular complexity index is 1700. The first-order chi connectivity index (χ1) is 19.5. The summed E-state index contributed by atoms with van der Waals surface area (Å²) in [5.41, 5.74) is 10.7. The first-order valence-electron chi connectivity index (χ1n) is 12.6. The third-order valence-corrected chi connectivity index (χ3v) is 7.86. The first kappa shape index (κ1) is 26.0. The van der Waals surface area contributed by atoms with Crippen LogP contribution in [0.25, 0.3) is 22.4 Å². The summed E-state index contributed by atoms with van der Waals surface area (Å²) < 4.78 is 13.5. The molecule has 1 fully saturated rings. The maximum absolute atomic E-state index is 11.0. The van der Waals surface area contributed by atoms with E-state index in [0.717, 1.165) is 28.1 Å². The Balaban J connectivity index is 1.22. The minimum absolute atomic E-state index is 0.262. The number of aromatic nitrogens is 5. The lowest BCUT2D eigenvalue weighted by atomic mass is 10.1. The van der Waals surface area contributed by atoms with Crippen LogP contribution in [-0.2, 0) is 10.5 Å². The van der Waals surface area contributed by atoms with Gasteiger partial charge in [0.15, 0.2) is 12.0 Å². The highest BCUT2D eigenvalue weighted by Gasteiger charge is 2.44. The highest BCUT2D eigenvalue weighted by atomic mass is 32.2. The lowest BCUT2D eigenvalue weighted by Gasteiger charge is -2.17. The number of ether oxygens (including phenoxy) is 1. The molecule has 0 spiro atoms. The normalized spacial score (nSPS) is 20.5. The fraction of sp³-hybridized carbons (Fsp3) is 0.241. The molecule has 1 saturated heterocycles. The fourth-order valence-electron chi connectivity index (χ4n) is 4.72. The zero-order chi connectivity index (χ0) is 27.6. The van der Waals surface area contributed by atoms with Gasteiger partial charge in [0.05, 0.1) is 22.7 Å². The van der Waals surface area contributed by atoms with Crippen molar-refractivity contribution in [3.05, 3.63) is 89.8 Å². The van der Waals surface area contributed by atoms with Crippen molar-refractivity contribution in [2.75, 3.05) is 11.5 Å². The van der Waals surface area contributed by atoms with Gasteiger partial charge >= 0.3 is 0 Å². The second kappa shape index (κ2) is 11.1. The molecule has 6 rings (SSSR count). The Morgan fingerprint density at radius 2 is 1.93 bits per heavy atom. The van der Waals surface area contributed by atoms with Crippen molar-refractivity contribution in [2.45, 2.75) is 37.2 Å². The van der Waals surface area contributed by atoms with Gasteiger partial charge in [0, 0.05) is 46.8 Å². The van der Waals surface area contributed by atoms with E-state index in [9.17, 15) is 10.2 Å². The van der Waals surface area contributed by atoms with Crippen molar-refractivity contribution in [1.82, 2.24) is 24.7 Å². The summed E-state index contributed by atoms with van der Waals surface area (Å²) in [5.74, 6) is 8.22. The smallest absolute Gasteiger partial charge is 0.171 e. The van der Waals surface area contributed by atoms with Gasteiger partial charge in [-0.1, -0.05) is 47.3 Å². The Hall–Kier alpha value is -4.21. The number of aliphatic hydroxyl groups is 2. The molecule has 40 heavy (non-hydrogen) atoms. The molecule has 1 aliphatic heterocycles. The minimum Gasteiger partial charge on any atom is -0.387 e. The van der Waals surface area contributed by atoms with Crippen LogP contribution in [0.15, 0.2) is 71.9 Å². The zero-order valence-corrected chi connectivity index (χ0v) is 22.3. The zero-order valence-electron chi connectivity index (χ0n) is 21.5. The van der Waals surface area contributed by atoms with E-state index in [0.29, 0.717) is 28.1 Å². The number of rotatable bonds is 6. The highest BCUT2D eigenvalue weighted by molar-refractivity contribution is 7.98. The van der Waals surface area contributed by atoms with Gasteiger partial charge in [-0.05, 0) is 19.1 Å². The maximum Gasteiger partial charge on any atom is 0.171 e. The highest BCUT2D eigenvalue weighted by Crippen LogP contribution is 2.36. The molecule has 4 aromatic heterocycles. The van der Waals surface area contributed by atoms with Crippen LogP contribution >= 0.6 is 11.8 Å². The Morgan fingerprint density at radius 3 is 2.73 bits per heavy atom. The Kier molecular flexibility index (Phi) is 7.23. The van der Waals surface area contributed by atoms with Crippen molar-refractivity contribution in [2.24, 2.45) is 0 Å². The van der Waals surface area contributed by atoms with Crippen LogP contribution in [0.2, 0.25) is 0 Å². The molecule has 4 atom stereocenters. The molecule has 10 nitrogen and oxygen atoms in total. The molecule has 4 N–H and O–H groups in total. The van der Waals surface area contributed by atoms with Crippen LogP contribution in [0.5, 0.6) is 0 Å². The number of aliphatic hydroxyl groups excluding tert-OH is 2. The number of aryl methyl sites for hydroxylation is 1. The van der Waals surface area contributed by atoms with Gasteiger partial charge in [-0.15, -0.1) is 0 Å². The van der Waals surface area contributed by atoms with Gasteiger partial charge < -0.3 is 29.8 Å². The van der Waals surface area contributed by atoms with Crippen molar-refractivity contribution in [3.63, 3.8) is 0 Å². The molecule has 0 amide bonds. The van der Waals surface area contributed by atoms with Crippen molar-refractivity contribution in [1.29, 1.82) is 0 Å². The molecule has 0 bridgehead atoms. The molecule has 0 radical (unpaired) electrons. The van der Waals surface area contributed by atoms with Crippen LogP contribution in [0.4, 0.5) is 5.82 Å². The SMILES string of the molecule is Cc1noc(-c2ccccc2)c1CSC[C@H]1O[C@@H](n2cc(C#Cc3cccnc3)c3c(N)ncnc32)[C@H](O)[C@@H]1O. The number of pyridine rings is 1. The van der Waals surface area contributed by atoms with E-state index in [1.165, 1.54) is 6.33 Å². The lowest BCUT2D eigenvalue weighted by Crippen LogP contribution is -2.32. The number of hydrogen-bond donors (Lipinski definition) is 3. The van der Waals surface area contributed by atoms with Gasteiger partial charge in [-0.3, -0.25) is 4.98 Å². The van der Waals surface area contributed by atoms with Gasteiger partial charge in [-0.25, -0.2) is 9.97 Å². The molecule has 5 aromatic rings. The molecule has 1 aliphatic rings. The van der Waals surface area contributed by atoms with Crippen molar-refractivity contribution in [3.8, 4) is 23.2 Å². The molecule has 0 unspecified atom stereocenters. The van der Waals surface area contributed by atoms with Gasteiger partial charge in [-0.2, -0.15) is 11.8 Å². The summed E-state index contributed by atoms with van der Waals surface area (Å²) in [6, 6.07) is 13.5. The summed E-state index contributed by atoms with van der Waals surface area (Å²) in [6.45, 7) is 1.91. The minimum atomic E-state index is -1.19. The van der Waals surface area contributed by atoms with Crippen LogP contribution < -0.4 is 5.73 Å². The molecular formula is C29H26N6O4S. The standard InChI is InChI=1S/C29H26N6O4S/c1-17-21(26(39-34-17)19-7-3-2-4-8-19)14-40-15-22-24(36)25(37)29(38-22)35-13-20(10-9-18-6-5-11-31-12-18)23-27(30)32-16-33-28(23)35/h2-8,11-13,16,22,24-25,29,36-37H,14-15H2,1H3,(H2,30,32,33)/t22-,24-,25-,29-/m1/s1. The monoisotopic (exact) mass is 554 g/mol. The molecule has 202 valence electrons. The van der Waals surface area contributed by atoms with Crippen LogP contribution in [0.3, 0.4) is 0 Å². The molecular weight excluding hydrogens is 528 g/mol. The summed E-state index contributed by atoms with van der Waals surface area (Å²) in [6.07, 6.45) is 2.63. The summed E-state index contributed by atoms with van der Waals surface area (Å²) in [7, 11) is 0. The van der Waals surface area contributed by atoms with Gasteiger partial charge in [0.2, 0.25) is 0 Å². The number of anilines is 1. The van der Waals surface area contributed by atoms with E-state index in [-0.39, 0.29) is 5.82 Å². The van der Waals surface area contributed by atoms with Crippen LogP contribution in [-0.4, -0.2) is 59.0 Å². The largest absolute Gasteiger partial charge is 0.387 e. The van der Waals surface area contributed by atoms with Crippen LogP contribution in [0.1, 0.15) is 28.6 Å². The van der Waals surface area contributed by atoms with Crippen molar-refractivity contribution < 1.29 is 19.5 Å². The Labute approximate surface area is 234 Å². The number of nitrogens with zero attached hydrogens (tertiary/aromatic N) is 5. The van der Waals surface area contributed by atoms with E-state index in [4.69, 9.17) is 15.0 Å². The first-order valence-corrected chi connectivity index (χ1v) is 13.8. The van der Waals surface area contributed by atoms with E-state index < -0.39 is 24.5 Å². The van der Waals surface area contributed by atoms with Gasteiger partial charge in [0.25, 0.3) is 0 Å². The quantitative estimate of drug-likeness (QED) is 0.267. The molecule has 0 saturated carbocycles. The van der Waals surface area contributed by atoms with E-state index in [1.807, 2.05) is 43.3 Å². The van der Waals surface area contributed by atoms with E-state index >= 15 is 0 Å². The molecule has 0 aliphatic carbocycles. The van der Waals surface area contributed by atoms with Gasteiger partial charge in [0.1, 0.15) is 30.0 Å². The summed E-state index contributed by atoms with van der Waals surface area (Å²) in [4.78, 5) is 12.6. The topological polar surface area (TPSA) is 145 Å². The number of hydrogen-bond acceptors (Lipinski definition) is 10. The average molecular weight is 555 g/mol. The predicted molar refractivity (Wildman–Crippen MR) is 151 cm³/mol. The number of thioether (sulfide) groups is 1. The molecule has 1 aromatic carbocycles. The number of fused-ring (bicyclic) bond motifs is 1. The molecule has 5 heterocycles. The number of benzene rings is 1. The second-order valence-electron chi connectivity index (χ2n) is 9.40. The summed E-state index contributed by atoms with van der Waals surface area (Å²) in [5, 5.41) is 26.6. The fourth-order valence-corrected chi connectivity index (χ4v) is 5.89. The average Bonchev–Trinajstić information content (AvgIpc) is 3.63. The maximum atomic E-state index is 11.0. The second-order valence-corrected chi connectivity index (χ2v) is 10.4. The summed E-state index contributed by atoms with van der Waals surface area (Å²) >= 11 is 1.57. The van der Waals surface area contributed by atoms with Crippen molar-refractivity contribution >= 4 is 28.6 Å². The van der Waals surface area contributed by atoms with Crippen LogP contribution in [0, 0.1) is 18.8 Å². The number of nitrogens with two attached hydrogens (primary N) is 1. The lowest BCUT2D eigenvalue weighted by molar-refractivity contribution is -0.0285. The third-order valence-electron chi connectivity index (χ3n) is 6.80. The van der Waals surface area contributed by atoms with E-state index in [1.54, 1.807) is 41.0 Å². The Morgan fingerprint density at radius 1 is 1.07 bits per heavy atom. The number of nitrogen functional groups attached to an aromatic ring is 1. The predicted octanol–water partition coefficient (Wildman–Crippen LogP) is 3.32.